The molecular formula is C18H28O5. The molecule has 0 aromatic heterocycles. The molecule has 23 heavy (non-hydrogen) atoms. The van der Waals surface area contributed by atoms with Gasteiger partial charge in [-0.1, -0.05) is 20.8 Å². The van der Waals surface area contributed by atoms with Crippen LogP contribution >= 0.6 is 0 Å². The summed E-state index contributed by atoms with van der Waals surface area (Å²) in [6, 6.07) is 3.33. The van der Waals surface area contributed by atoms with Crippen LogP contribution in [0.5, 0.6) is 17.2 Å². The summed E-state index contributed by atoms with van der Waals surface area (Å²) in [5, 5.41) is 0. The van der Waals surface area contributed by atoms with Crippen molar-refractivity contribution >= 4 is 5.97 Å². The Bertz CT molecular complexity index is 455. The van der Waals surface area contributed by atoms with E-state index in [-0.39, 0.29) is 0 Å². The minimum atomic E-state index is -0.391. The van der Waals surface area contributed by atoms with Crippen LogP contribution in [0.2, 0.25) is 0 Å². The molecule has 0 N–H and O–H groups in total. The Morgan fingerprint density at radius 1 is 0.826 bits per heavy atom. The van der Waals surface area contributed by atoms with E-state index in [1.54, 1.807) is 19.1 Å². The summed E-state index contributed by atoms with van der Waals surface area (Å²) in [6.45, 7) is 9.83. The van der Waals surface area contributed by atoms with Gasteiger partial charge >= 0.3 is 5.97 Å². The van der Waals surface area contributed by atoms with Crippen molar-refractivity contribution in [2.45, 2.75) is 47.0 Å². The maximum atomic E-state index is 12.0. The molecule has 0 bridgehead atoms. The highest BCUT2D eigenvalue weighted by Crippen LogP contribution is 2.39. The minimum absolute atomic E-state index is 0.323. The van der Waals surface area contributed by atoms with Gasteiger partial charge in [0.05, 0.1) is 32.0 Å². The smallest absolute Gasteiger partial charge is 0.338 e. The Hall–Kier alpha value is -1.91. The molecule has 0 spiro atoms. The van der Waals surface area contributed by atoms with E-state index in [0.717, 1.165) is 19.3 Å². The second-order valence-electron chi connectivity index (χ2n) is 5.07. The summed E-state index contributed by atoms with van der Waals surface area (Å²) < 4.78 is 22.4. The molecule has 1 rings (SSSR count). The molecule has 0 unspecified atom stereocenters. The van der Waals surface area contributed by atoms with Gasteiger partial charge in [0.25, 0.3) is 0 Å². The lowest BCUT2D eigenvalue weighted by Gasteiger charge is -2.18. The van der Waals surface area contributed by atoms with Gasteiger partial charge in [0.15, 0.2) is 11.5 Å². The Labute approximate surface area is 138 Å². The van der Waals surface area contributed by atoms with Crippen LogP contribution in [0, 0.1) is 0 Å². The molecule has 0 radical (unpaired) electrons. The third kappa shape index (κ3) is 6.00. The normalized spacial score (nSPS) is 10.3. The first-order valence-electron chi connectivity index (χ1n) is 8.41. The average molecular weight is 324 g/mol. The maximum absolute atomic E-state index is 12.0. The molecule has 0 saturated carbocycles. The van der Waals surface area contributed by atoms with E-state index >= 15 is 0 Å². The van der Waals surface area contributed by atoms with Gasteiger partial charge in [-0.3, -0.25) is 0 Å². The van der Waals surface area contributed by atoms with E-state index in [0.29, 0.717) is 49.2 Å². The van der Waals surface area contributed by atoms with E-state index < -0.39 is 5.97 Å². The summed E-state index contributed by atoms with van der Waals surface area (Å²) >= 11 is 0. The highest BCUT2D eigenvalue weighted by Gasteiger charge is 2.19. The van der Waals surface area contributed by atoms with Crippen LogP contribution in [0.1, 0.15) is 57.3 Å². The second-order valence-corrected chi connectivity index (χ2v) is 5.07. The first-order chi connectivity index (χ1) is 11.2. The lowest BCUT2D eigenvalue weighted by atomic mass is 10.2. The molecule has 5 heteroatoms. The number of benzene rings is 1. The standard InChI is InChI=1S/C18H28O5/c1-5-9-21-15-12-14(18(19)20-8-4)13-16(22-10-6-2)17(15)23-11-7-3/h12-13H,5-11H2,1-4H3. The topological polar surface area (TPSA) is 54.0 Å². The molecule has 0 aliphatic rings. The molecular weight excluding hydrogens is 296 g/mol. The van der Waals surface area contributed by atoms with Crippen molar-refractivity contribution in [2.24, 2.45) is 0 Å². The first kappa shape index (κ1) is 19.1. The Morgan fingerprint density at radius 2 is 1.30 bits per heavy atom. The Balaban J connectivity index is 3.21. The monoisotopic (exact) mass is 324 g/mol. The molecule has 0 fully saturated rings. The summed E-state index contributed by atoms with van der Waals surface area (Å²) in [5.41, 5.74) is 0.410. The zero-order valence-electron chi connectivity index (χ0n) is 14.6. The van der Waals surface area contributed by atoms with Crippen LogP contribution in [0.3, 0.4) is 0 Å². The van der Waals surface area contributed by atoms with Crippen LogP contribution < -0.4 is 14.2 Å². The average Bonchev–Trinajstić information content (AvgIpc) is 2.56. The molecule has 1 aromatic carbocycles. The number of carbonyl (C=O) groups excluding carboxylic acids is 1. The zero-order chi connectivity index (χ0) is 17.1. The van der Waals surface area contributed by atoms with Crippen LogP contribution in [0.25, 0.3) is 0 Å². The van der Waals surface area contributed by atoms with Gasteiger partial charge in [-0.05, 0) is 38.3 Å². The van der Waals surface area contributed by atoms with Crippen molar-refractivity contribution in [3.8, 4) is 17.2 Å². The van der Waals surface area contributed by atoms with Gasteiger partial charge in [-0.15, -0.1) is 0 Å². The van der Waals surface area contributed by atoms with Crippen molar-refractivity contribution in [3.05, 3.63) is 17.7 Å². The fraction of sp³-hybridized carbons (Fsp3) is 0.611. The van der Waals surface area contributed by atoms with Gasteiger partial charge in [-0.25, -0.2) is 4.79 Å². The predicted octanol–water partition coefficient (Wildman–Crippen LogP) is 4.23. The summed E-state index contributed by atoms with van der Waals surface area (Å²) in [6.07, 6.45) is 2.60. The van der Waals surface area contributed by atoms with Gasteiger partial charge < -0.3 is 18.9 Å². The third-order valence-electron chi connectivity index (χ3n) is 2.91. The molecule has 0 saturated heterocycles. The SMILES string of the molecule is CCCOc1cc(C(=O)OCC)cc(OCCC)c1OCCC. The van der Waals surface area contributed by atoms with Crippen molar-refractivity contribution in [2.75, 3.05) is 26.4 Å². The number of rotatable bonds is 11. The number of hydrogen-bond acceptors (Lipinski definition) is 5. The number of hydrogen-bond donors (Lipinski definition) is 0. The van der Waals surface area contributed by atoms with E-state index in [4.69, 9.17) is 18.9 Å². The number of carbonyl (C=O) groups is 1. The molecule has 5 nitrogen and oxygen atoms in total. The van der Waals surface area contributed by atoms with Crippen molar-refractivity contribution < 1.29 is 23.7 Å². The highest BCUT2D eigenvalue weighted by molar-refractivity contribution is 5.91. The van der Waals surface area contributed by atoms with E-state index in [1.807, 2.05) is 20.8 Å². The van der Waals surface area contributed by atoms with Crippen molar-refractivity contribution in [1.82, 2.24) is 0 Å². The van der Waals surface area contributed by atoms with Gasteiger partial charge in [0.2, 0.25) is 5.75 Å². The Kier molecular flexibility index (Phi) is 8.95. The molecule has 0 atom stereocenters. The van der Waals surface area contributed by atoms with Crippen molar-refractivity contribution in [1.29, 1.82) is 0 Å². The van der Waals surface area contributed by atoms with Gasteiger partial charge in [0, 0.05) is 0 Å². The first-order valence-corrected chi connectivity index (χ1v) is 8.41. The lowest BCUT2D eigenvalue weighted by molar-refractivity contribution is 0.0525. The fourth-order valence-corrected chi connectivity index (χ4v) is 1.89. The summed E-state index contributed by atoms with van der Waals surface area (Å²) in [5.74, 6) is 1.22. The molecule has 1 aromatic rings. The Morgan fingerprint density at radius 3 is 1.74 bits per heavy atom. The largest absolute Gasteiger partial charge is 0.490 e. The maximum Gasteiger partial charge on any atom is 0.338 e. The van der Waals surface area contributed by atoms with Crippen LogP contribution in [-0.2, 0) is 4.74 Å². The van der Waals surface area contributed by atoms with Crippen LogP contribution in [0.4, 0.5) is 0 Å². The van der Waals surface area contributed by atoms with Gasteiger partial charge in [0.1, 0.15) is 0 Å². The summed E-state index contributed by atoms with van der Waals surface area (Å²) in [7, 11) is 0. The highest BCUT2D eigenvalue weighted by atomic mass is 16.5. The minimum Gasteiger partial charge on any atom is -0.490 e. The quantitative estimate of drug-likeness (QED) is 0.570. The van der Waals surface area contributed by atoms with E-state index in [2.05, 4.69) is 0 Å². The summed E-state index contributed by atoms with van der Waals surface area (Å²) in [4.78, 5) is 12.0. The molecule has 0 aliphatic heterocycles. The molecule has 0 heterocycles. The fourth-order valence-electron chi connectivity index (χ4n) is 1.89. The lowest BCUT2D eigenvalue weighted by Crippen LogP contribution is -2.09. The van der Waals surface area contributed by atoms with Crippen LogP contribution in [-0.4, -0.2) is 32.4 Å². The van der Waals surface area contributed by atoms with Gasteiger partial charge in [-0.2, -0.15) is 0 Å². The third-order valence-corrected chi connectivity index (χ3v) is 2.91. The van der Waals surface area contributed by atoms with Crippen molar-refractivity contribution in [3.63, 3.8) is 0 Å². The van der Waals surface area contributed by atoms with E-state index in [1.165, 1.54) is 0 Å². The molecule has 0 aliphatic carbocycles. The van der Waals surface area contributed by atoms with Crippen LogP contribution in [0.15, 0.2) is 12.1 Å². The van der Waals surface area contributed by atoms with E-state index in [9.17, 15) is 4.79 Å². The number of esters is 1. The molecule has 130 valence electrons. The predicted molar refractivity (Wildman–Crippen MR) is 89.8 cm³/mol. The number of ether oxygens (including phenoxy) is 4. The zero-order valence-corrected chi connectivity index (χ0v) is 14.6. The molecule has 0 amide bonds. The second kappa shape index (κ2) is 10.8.